The molecule has 78 valence electrons. The predicted molar refractivity (Wildman–Crippen MR) is 55.5 cm³/mol. The molecule has 0 bridgehead atoms. The van der Waals surface area contributed by atoms with Crippen molar-refractivity contribution in [3.8, 4) is 5.69 Å². The lowest BCUT2D eigenvalue weighted by Crippen LogP contribution is -2.01. The van der Waals surface area contributed by atoms with Crippen LogP contribution in [0.5, 0.6) is 0 Å². The number of anilines is 1. The predicted octanol–water partition coefficient (Wildman–Crippen LogP) is 0.763. The zero-order valence-corrected chi connectivity index (χ0v) is 8.62. The van der Waals surface area contributed by atoms with Crippen LogP contribution >= 0.6 is 0 Å². The van der Waals surface area contributed by atoms with E-state index in [1.807, 2.05) is 13.8 Å². The first-order valence-electron chi connectivity index (χ1n) is 4.68. The molecule has 0 saturated carbocycles. The van der Waals surface area contributed by atoms with Gasteiger partial charge in [-0.2, -0.15) is 0 Å². The molecule has 2 aromatic heterocycles. The first-order valence-corrected chi connectivity index (χ1v) is 4.68. The summed E-state index contributed by atoms with van der Waals surface area (Å²) in [6.07, 6.45) is 1.61. The molecule has 2 N–H and O–H groups in total. The number of hydrogen-bond donors (Lipinski definition) is 1. The number of nitrogen functional groups attached to an aromatic ring is 1. The molecule has 0 aromatic carbocycles. The summed E-state index contributed by atoms with van der Waals surface area (Å²) in [5.41, 5.74) is 6.33. The highest BCUT2D eigenvalue weighted by molar-refractivity contribution is 5.39. The summed E-state index contributed by atoms with van der Waals surface area (Å²) >= 11 is 0. The van der Waals surface area contributed by atoms with Crippen LogP contribution in [0.3, 0.4) is 0 Å². The quantitative estimate of drug-likeness (QED) is 0.781. The normalized spacial score (nSPS) is 10.9. The van der Waals surface area contributed by atoms with Crippen LogP contribution in [0.4, 0.5) is 5.82 Å². The zero-order chi connectivity index (χ0) is 10.8. The van der Waals surface area contributed by atoms with E-state index in [1.165, 1.54) is 4.80 Å². The van der Waals surface area contributed by atoms with E-state index in [4.69, 9.17) is 5.73 Å². The molecular formula is C9H12N6. The van der Waals surface area contributed by atoms with Gasteiger partial charge in [-0.25, -0.2) is 4.98 Å². The monoisotopic (exact) mass is 204 g/mol. The summed E-state index contributed by atoms with van der Waals surface area (Å²) in [6, 6.07) is 3.48. The first-order chi connectivity index (χ1) is 7.16. The van der Waals surface area contributed by atoms with E-state index >= 15 is 0 Å². The van der Waals surface area contributed by atoms with Crippen LogP contribution in [0, 0.1) is 0 Å². The van der Waals surface area contributed by atoms with Gasteiger partial charge in [0.2, 0.25) is 0 Å². The summed E-state index contributed by atoms with van der Waals surface area (Å²) in [5, 5.41) is 12.1. The molecule has 0 saturated heterocycles. The Hall–Kier alpha value is -1.98. The standard InChI is InChI=1S/C9H12N6/c1-6(2)9-12-14-15(13-9)7-3-4-11-8(10)5-7/h3-6H,1-2H3,(H2,10,11). The summed E-state index contributed by atoms with van der Waals surface area (Å²) in [7, 11) is 0. The Labute approximate surface area is 87.1 Å². The van der Waals surface area contributed by atoms with Crippen molar-refractivity contribution in [1.82, 2.24) is 25.2 Å². The maximum atomic E-state index is 5.56. The van der Waals surface area contributed by atoms with Crippen LogP contribution < -0.4 is 5.73 Å². The number of nitrogens with zero attached hydrogens (tertiary/aromatic N) is 5. The molecule has 0 atom stereocenters. The zero-order valence-electron chi connectivity index (χ0n) is 8.62. The van der Waals surface area contributed by atoms with Crippen LogP contribution in [0.15, 0.2) is 18.3 Å². The Morgan fingerprint density at radius 3 is 2.80 bits per heavy atom. The lowest BCUT2D eigenvalue weighted by atomic mass is 10.2. The fourth-order valence-electron chi connectivity index (χ4n) is 1.13. The lowest BCUT2D eigenvalue weighted by Gasteiger charge is -1.98. The molecule has 15 heavy (non-hydrogen) atoms. The Kier molecular flexibility index (Phi) is 2.32. The van der Waals surface area contributed by atoms with Crippen LogP contribution in [0.1, 0.15) is 25.6 Å². The topological polar surface area (TPSA) is 82.5 Å². The highest BCUT2D eigenvalue weighted by Gasteiger charge is 2.08. The van der Waals surface area contributed by atoms with E-state index in [1.54, 1.807) is 18.3 Å². The molecule has 0 aliphatic rings. The number of rotatable bonds is 2. The molecule has 0 spiro atoms. The molecule has 2 heterocycles. The van der Waals surface area contributed by atoms with Gasteiger partial charge in [0.25, 0.3) is 0 Å². The van der Waals surface area contributed by atoms with Crippen molar-refractivity contribution >= 4 is 5.82 Å². The van der Waals surface area contributed by atoms with E-state index in [0.717, 1.165) is 5.69 Å². The summed E-state index contributed by atoms with van der Waals surface area (Å²) in [6.45, 7) is 4.03. The van der Waals surface area contributed by atoms with E-state index < -0.39 is 0 Å². The van der Waals surface area contributed by atoms with Gasteiger partial charge in [0.05, 0.1) is 5.69 Å². The summed E-state index contributed by atoms with van der Waals surface area (Å²) in [4.78, 5) is 5.35. The highest BCUT2D eigenvalue weighted by Crippen LogP contribution is 2.10. The highest BCUT2D eigenvalue weighted by atomic mass is 15.6. The van der Waals surface area contributed by atoms with Gasteiger partial charge in [-0.1, -0.05) is 13.8 Å². The Balaban J connectivity index is 2.37. The number of hydrogen-bond acceptors (Lipinski definition) is 5. The smallest absolute Gasteiger partial charge is 0.177 e. The van der Waals surface area contributed by atoms with Gasteiger partial charge in [0.15, 0.2) is 5.82 Å². The van der Waals surface area contributed by atoms with E-state index in [2.05, 4.69) is 20.4 Å². The van der Waals surface area contributed by atoms with Crippen LogP contribution in [0.25, 0.3) is 5.69 Å². The third kappa shape index (κ3) is 1.93. The second-order valence-corrected chi connectivity index (χ2v) is 3.53. The van der Waals surface area contributed by atoms with Crippen LogP contribution in [0.2, 0.25) is 0 Å². The molecule has 6 nitrogen and oxygen atoms in total. The van der Waals surface area contributed by atoms with Crippen molar-refractivity contribution < 1.29 is 0 Å². The van der Waals surface area contributed by atoms with Crippen LogP contribution in [-0.4, -0.2) is 25.2 Å². The van der Waals surface area contributed by atoms with E-state index in [9.17, 15) is 0 Å². The fraction of sp³-hybridized carbons (Fsp3) is 0.333. The number of aromatic nitrogens is 5. The van der Waals surface area contributed by atoms with Gasteiger partial charge in [0, 0.05) is 18.2 Å². The fourth-order valence-corrected chi connectivity index (χ4v) is 1.13. The third-order valence-electron chi connectivity index (χ3n) is 1.94. The average molecular weight is 204 g/mol. The molecule has 0 fully saturated rings. The van der Waals surface area contributed by atoms with Gasteiger partial charge in [-0.3, -0.25) is 0 Å². The lowest BCUT2D eigenvalue weighted by molar-refractivity contribution is 0.711. The van der Waals surface area contributed by atoms with Crippen molar-refractivity contribution in [3.63, 3.8) is 0 Å². The first kappa shape index (κ1) is 9.57. The molecule has 0 aliphatic carbocycles. The summed E-state index contributed by atoms with van der Waals surface area (Å²) in [5.74, 6) is 1.42. The van der Waals surface area contributed by atoms with Gasteiger partial charge in [-0.15, -0.1) is 15.0 Å². The van der Waals surface area contributed by atoms with Crippen LogP contribution in [-0.2, 0) is 0 Å². The van der Waals surface area contributed by atoms with Gasteiger partial charge >= 0.3 is 0 Å². The van der Waals surface area contributed by atoms with Crippen molar-refractivity contribution in [2.75, 3.05) is 5.73 Å². The molecule has 2 rings (SSSR count). The number of pyridine rings is 1. The van der Waals surface area contributed by atoms with Crippen molar-refractivity contribution in [2.45, 2.75) is 19.8 Å². The molecule has 0 unspecified atom stereocenters. The molecule has 6 heteroatoms. The number of tetrazole rings is 1. The Morgan fingerprint density at radius 2 is 2.20 bits per heavy atom. The largest absolute Gasteiger partial charge is 0.384 e. The van der Waals surface area contributed by atoms with E-state index in [0.29, 0.717) is 11.6 Å². The van der Waals surface area contributed by atoms with Gasteiger partial charge in [0.1, 0.15) is 5.82 Å². The third-order valence-corrected chi connectivity index (χ3v) is 1.94. The molecule has 0 amide bonds. The SMILES string of the molecule is CC(C)c1nnn(-c2ccnc(N)c2)n1. The molecule has 2 aromatic rings. The number of nitrogens with two attached hydrogens (primary N) is 1. The van der Waals surface area contributed by atoms with E-state index in [-0.39, 0.29) is 5.92 Å². The Morgan fingerprint density at radius 1 is 1.40 bits per heavy atom. The van der Waals surface area contributed by atoms with Crippen molar-refractivity contribution in [3.05, 3.63) is 24.2 Å². The molecule has 0 aliphatic heterocycles. The average Bonchev–Trinajstić information content (AvgIpc) is 2.66. The minimum atomic E-state index is 0.262. The second-order valence-electron chi connectivity index (χ2n) is 3.53. The molecule has 0 radical (unpaired) electrons. The maximum Gasteiger partial charge on any atom is 0.177 e. The minimum absolute atomic E-state index is 0.262. The summed E-state index contributed by atoms with van der Waals surface area (Å²) < 4.78 is 0. The van der Waals surface area contributed by atoms with Gasteiger partial charge in [-0.05, 0) is 11.3 Å². The molecular weight excluding hydrogens is 192 g/mol. The Bertz CT molecular complexity index is 461. The minimum Gasteiger partial charge on any atom is -0.384 e. The van der Waals surface area contributed by atoms with Gasteiger partial charge < -0.3 is 5.73 Å². The maximum absolute atomic E-state index is 5.56. The van der Waals surface area contributed by atoms with Crippen molar-refractivity contribution in [1.29, 1.82) is 0 Å². The second kappa shape index (κ2) is 3.64. The van der Waals surface area contributed by atoms with Crippen molar-refractivity contribution in [2.24, 2.45) is 0 Å².